The van der Waals surface area contributed by atoms with Crippen LogP contribution in [0.3, 0.4) is 0 Å². The second kappa shape index (κ2) is 6.98. The fourth-order valence-electron chi connectivity index (χ4n) is 2.65. The van der Waals surface area contributed by atoms with E-state index in [-0.39, 0.29) is 0 Å². The molecule has 2 unspecified atom stereocenters. The number of anilines is 1. The van der Waals surface area contributed by atoms with Crippen LogP contribution in [0.1, 0.15) is 39.0 Å². The first-order valence-corrected chi connectivity index (χ1v) is 8.48. The zero-order valence-corrected chi connectivity index (χ0v) is 14.7. The number of benzene rings is 1. The molecule has 0 spiro atoms. The molecular formula is C15H21Br2NO. The summed E-state index contributed by atoms with van der Waals surface area (Å²) in [7, 11) is 1.70. The van der Waals surface area contributed by atoms with Crippen LogP contribution >= 0.6 is 31.9 Å². The SMILES string of the molecule is COc1cc(NC2CCCC(C)CC2)c(Br)cc1Br. The van der Waals surface area contributed by atoms with E-state index in [9.17, 15) is 0 Å². The van der Waals surface area contributed by atoms with Gasteiger partial charge in [0.05, 0.1) is 17.3 Å². The molecule has 1 aliphatic carbocycles. The summed E-state index contributed by atoms with van der Waals surface area (Å²) in [6.45, 7) is 2.36. The van der Waals surface area contributed by atoms with Gasteiger partial charge in [0, 0.05) is 16.6 Å². The van der Waals surface area contributed by atoms with Crippen LogP contribution in [-0.2, 0) is 0 Å². The third-order valence-electron chi connectivity index (χ3n) is 3.86. The molecule has 1 aliphatic rings. The van der Waals surface area contributed by atoms with Crippen molar-refractivity contribution in [3.05, 3.63) is 21.1 Å². The third kappa shape index (κ3) is 4.12. The Kier molecular flexibility index (Phi) is 5.58. The van der Waals surface area contributed by atoms with Crippen LogP contribution in [0.4, 0.5) is 5.69 Å². The fraction of sp³-hybridized carbons (Fsp3) is 0.600. The highest BCUT2D eigenvalue weighted by Gasteiger charge is 2.17. The highest BCUT2D eigenvalue weighted by atomic mass is 79.9. The highest BCUT2D eigenvalue weighted by molar-refractivity contribution is 9.11. The number of halogens is 2. The molecule has 1 saturated carbocycles. The Morgan fingerprint density at radius 2 is 1.89 bits per heavy atom. The molecule has 2 atom stereocenters. The van der Waals surface area contributed by atoms with Gasteiger partial charge in [-0.1, -0.05) is 19.8 Å². The molecule has 0 saturated heterocycles. The van der Waals surface area contributed by atoms with Crippen molar-refractivity contribution in [1.82, 2.24) is 0 Å². The molecule has 19 heavy (non-hydrogen) atoms. The zero-order chi connectivity index (χ0) is 13.8. The van der Waals surface area contributed by atoms with Crippen LogP contribution in [0.2, 0.25) is 0 Å². The summed E-state index contributed by atoms with van der Waals surface area (Å²) in [4.78, 5) is 0. The molecule has 106 valence electrons. The van der Waals surface area contributed by atoms with Crippen molar-refractivity contribution < 1.29 is 4.74 Å². The summed E-state index contributed by atoms with van der Waals surface area (Å²) in [6, 6.07) is 4.68. The smallest absolute Gasteiger partial charge is 0.135 e. The van der Waals surface area contributed by atoms with Crippen molar-refractivity contribution in [2.24, 2.45) is 5.92 Å². The van der Waals surface area contributed by atoms with Crippen LogP contribution in [0, 0.1) is 5.92 Å². The third-order valence-corrected chi connectivity index (χ3v) is 5.13. The molecule has 0 aromatic heterocycles. The minimum absolute atomic E-state index is 0.576. The normalized spacial score (nSPS) is 23.8. The zero-order valence-electron chi connectivity index (χ0n) is 11.5. The van der Waals surface area contributed by atoms with E-state index in [1.54, 1.807) is 7.11 Å². The molecule has 1 aromatic carbocycles. The molecule has 1 aromatic rings. The number of ether oxygens (including phenoxy) is 1. The standard InChI is InChI=1S/C15H21Br2NO/c1-10-4-3-5-11(7-6-10)18-14-9-15(19-2)13(17)8-12(14)16/h8-11,18H,3-7H2,1-2H3. The van der Waals surface area contributed by atoms with Gasteiger partial charge >= 0.3 is 0 Å². The van der Waals surface area contributed by atoms with Crippen molar-refractivity contribution in [2.75, 3.05) is 12.4 Å². The van der Waals surface area contributed by atoms with E-state index in [0.29, 0.717) is 6.04 Å². The molecule has 2 rings (SSSR count). The van der Waals surface area contributed by atoms with Gasteiger partial charge in [0.15, 0.2) is 0 Å². The van der Waals surface area contributed by atoms with Crippen LogP contribution in [-0.4, -0.2) is 13.2 Å². The van der Waals surface area contributed by atoms with Crippen LogP contribution < -0.4 is 10.1 Å². The van der Waals surface area contributed by atoms with Gasteiger partial charge < -0.3 is 10.1 Å². The lowest BCUT2D eigenvalue weighted by Crippen LogP contribution is -2.18. The number of hydrogen-bond acceptors (Lipinski definition) is 2. The Balaban J connectivity index is 2.09. The Bertz CT molecular complexity index is 436. The minimum Gasteiger partial charge on any atom is -0.495 e. The van der Waals surface area contributed by atoms with Gasteiger partial charge in [0.25, 0.3) is 0 Å². The topological polar surface area (TPSA) is 21.3 Å². The molecule has 1 N–H and O–H groups in total. The summed E-state index contributed by atoms with van der Waals surface area (Å²) in [5, 5.41) is 3.66. The molecule has 0 aliphatic heterocycles. The maximum Gasteiger partial charge on any atom is 0.135 e. The summed E-state index contributed by atoms with van der Waals surface area (Å²) < 4.78 is 7.42. The summed E-state index contributed by atoms with van der Waals surface area (Å²) in [5.74, 6) is 1.74. The minimum atomic E-state index is 0.576. The number of rotatable bonds is 3. The largest absolute Gasteiger partial charge is 0.495 e. The lowest BCUT2D eigenvalue weighted by atomic mass is 10.0. The molecule has 4 heteroatoms. The Morgan fingerprint density at radius 1 is 1.11 bits per heavy atom. The first-order chi connectivity index (χ1) is 9.10. The first kappa shape index (κ1) is 15.2. The van der Waals surface area contributed by atoms with E-state index >= 15 is 0 Å². The number of nitrogens with one attached hydrogen (secondary N) is 1. The Labute approximate surface area is 132 Å². The monoisotopic (exact) mass is 389 g/mol. The van der Waals surface area contributed by atoms with E-state index in [2.05, 4.69) is 50.2 Å². The Morgan fingerprint density at radius 3 is 2.63 bits per heavy atom. The maximum atomic E-state index is 5.36. The summed E-state index contributed by atoms with van der Waals surface area (Å²) in [5.41, 5.74) is 1.12. The van der Waals surface area contributed by atoms with E-state index in [1.807, 2.05) is 6.07 Å². The molecule has 0 heterocycles. The second-order valence-electron chi connectivity index (χ2n) is 5.42. The van der Waals surface area contributed by atoms with Crippen molar-refractivity contribution in [3.63, 3.8) is 0 Å². The molecule has 0 amide bonds. The molecule has 0 radical (unpaired) electrons. The summed E-state index contributed by atoms with van der Waals surface area (Å²) in [6.07, 6.45) is 6.53. The van der Waals surface area contributed by atoms with E-state index in [0.717, 1.165) is 26.3 Å². The van der Waals surface area contributed by atoms with E-state index in [1.165, 1.54) is 32.1 Å². The van der Waals surface area contributed by atoms with Gasteiger partial charge in [-0.2, -0.15) is 0 Å². The van der Waals surface area contributed by atoms with Gasteiger partial charge in [0.1, 0.15) is 5.75 Å². The predicted octanol–water partition coefficient (Wildman–Crippen LogP) is 5.60. The average molecular weight is 391 g/mol. The maximum absolute atomic E-state index is 5.36. The average Bonchev–Trinajstić information content (AvgIpc) is 2.58. The van der Waals surface area contributed by atoms with Crippen molar-refractivity contribution in [2.45, 2.75) is 45.1 Å². The quantitative estimate of drug-likeness (QED) is 0.678. The van der Waals surface area contributed by atoms with Crippen molar-refractivity contribution >= 4 is 37.5 Å². The number of hydrogen-bond donors (Lipinski definition) is 1. The Hall–Kier alpha value is -0.220. The van der Waals surface area contributed by atoms with Gasteiger partial charge in [-0.3, -0.25) is 0 Å². The van der Waals surface area contributed by atoms with Crippen molar-refractivity contribution in [3.8, 4) is 5.75 Å². The van der Waals surface area contributed by atoms with Crippen LogP contribution in [0.15, 0.2) is 21.1 Å². The van der Waals surface area contributed by atoms with E-state index < -0.39 is 0 Å². The highest BCUT2D eigenvalue weighted by Crippen LogP contribution is 2.36. The first-order valence-electron chi connectivity index (χ1n) is 6.89. The molecule has 2 nitrogen and oxygen atoms in total. The summed E-state index contributed by atoms with van der Waals surface area (Å²) >= 11 is 7.12. The lowest BCUT2D eigenvalue weighted by molar-refractivity contribution is 0.412. The van der Waals surface area contributed by atoms with Gasteiger partial charge in [-0.25, -0.2) is 0 Å². The predicted molar refractivity (Wildman–Crippen MR) is 88.1 cm³/mol. The lowest BCUT2D eigenvalue weighted by Gasteiger charge is -2.20. The van der Waals surface area contributed by atoms with Gasteiger partial charge in [-0.15, -0.1) is 0 Å². The molecule has 0 bridgehead atoms. The number of methoxy groups -OCH3 is 1. The van der Waals surface area contributed by atoms with Crippen molar-refractivity contribution in [1.29, 1.82) is 0 Å². The van der Waals surface area contributed by atoms with E-state index in [4.69, 9.17) is 4.74 Å². The van der Waals surface area contributed by atoms with Gasteiger partial charge in [0.2, 0.25) is 0 Å². The van der Waals surface area contributed by atoms with Crippen LogP contribution in [0.25, 0.3) is 0 Å². The van der Waals surface area contributed by atoms with Gasteiger partial charge in [-0.05, 0) is 63.1 Å². The van der Waals surface area contributed by atoms with Crippen LogP contribution in [0.5, 0.6) is 5.75 Å². The second-order valence-corrected chi connectivity index (χ2v) is 7.13. The molecular weight excluding hydrogens is 370 g/mol. The fourth-order valence-corrected chi connectivity index (χ4v) is 3.92. The molecule has 1 fully saturated rings.